The molecule has 16 heavy (non-hydrogen) atoms. The van der Waals surface area contributed by atoms with Crippen molar-refractivity contribution in [2.45, 2.75) is 19.4 Å². The molecule has 1 N–H and O–H groups in total. The standard InChI is InChI=1S/C12H15FN2O/c1-9(3-4-16-2)15-12-6-10(8-14)5-11(13)7-12/h5-7,9,15H,3-4H2,1-2H3. The molecule has 0 amide bonds. The van der Waals surface area contributed by atoms with Gasteiger partial charge in [0.15, 0.2) is 0 Å². The Morgan fingerprint density at radius 2 is 2.25 bits per heavy atom. The van der Waals surface area contributed by atoms with Crippen LogP contribution in [0.3, 0.4) is 0 Å². The van der Waals surface area contributed by atoms with Gasteiger partial charge < -0.3 is 10.1 Å². The van der Waals surface area contributed by atoms with Crippen LogP contribution in [0.15, 0.2) is 18.2 Å². The Morgan fingerprint density at radius 1 is 1.50 bits per heavy atom. The molecular formula is C12H15FN2O. The molecule has 0 spiro atoms. The van der Waals surface area contributed by atoms with Crippen LogP contribution in [0.4, 0.5) is 10.1 Å². The second-order valence-electron chi connectivity index (χ2n) is 3.67. The summed E-state index contributed by atoms with van der Waals surface area (Å²) in [5.41, 5.74) is 0.946. The third kappa shape index (κ3) is 3.87. The van der Waals surface area contributed by atoms with Crippen LogP contribution in [0.25, 0.3) is 0 Å². The maximum atomic E-state index is 13.1. The van der Waals surface area contributed by atoms with Crippen molar-refractivity contribution in [2.24, 2.45) is 0 Å². The van der Waals surface area contributed by atoms with Crippen LogP contribution in [0, 0.1) is 17.1 Å². The lowest BCUT2D eigenvalue weighted by molar-refractivity contribution is 0.191. The minimum Gasteiger partial charge on any atom is -0.385 e. The van der Waals surface area contributed by atoms with Crippen molar-refractivity contribution in [1.29, 1.82) is 5.26 Å². The first-order valence-corrected chi connectivity index (χ1v) is 5.12. The number of methoxy groups -OCH3 is 1. The lowest BCUT2D eigenvalue weighted by Crippen LogP contribution is -2.17. The molecular weight excluding hydrogens is 207 g/mol. The van der Waals surface area contributed by atoms with E-state index in [-0.39, 0.29) is 6.04 Å². The molecule has 0 aromatic heterocycles. The monoisotopic (exact) mass is 222 g/mol. The quantitative estimate of drug-likeness (QED) is 0.832. The highest BCUT2D eigenvalue weighted by atomic mass is 19.1. The predicted molar refractivity (Wildman–Crippen MR) is 60.7 cm³/mol. The fourth-order valence-electron chi connectivity index (χ4n) is 1.39. The van der Waals surface area contributed by atoms with Crippen LogP contribution >= 0.6 is 0 Å². The van der Waals surface area contributed by atoms with Crippen LogP contribution in [-0.2, 0) is 4.74 Å². The molecule has 0 bridgehead atoms. The Bertz CT molecular complexity index is 387. The lowest BCUT2D eigenvalue weighted by Gasteiger charge is -2.14. The summed E-state index contributed by atoms with van der Waals surface area (Å²) in [6.07, 6.45) is 0.828. The van der Waals surface area contributed by atoms with Crippen molar-refractivity contribution in [3.05, 3.63) is 29.6 Å². The van der Waals surface area contributed by atoms with Gasteiger partial charge in [0, 0.05) is 25.4 Å². The summed E-state index contributed by atoms with van der Waals surface area (Å²) in [5, 5.41) is 11.8. The number of rotatable bonds is 5. The zero-order valence-corrected chi connectivity index (χ0v) is 9.46. The van der Waals surface area contributed by atoms with E-state index in [0.29, 0.717) is 17.9 Å². The van der Waals surface area contributed by atoms with Gasteiger partial charge in [-0.1, -0.05) is 0 Å². The third-order valence-corrected chi connectivity index (χ3v) is 2.19. The molecule has 1 atom stereocenters. The first kappa shape index (κ1) is 12.5. The number of nitrogens with one attached hydrogen (secondary N) is 1. The zero-order chi connectivity index (χ0) is 12.0. The molecule has 86 valence electrons. The Hall–Kier alpha value is -1.60. The summed E-state index contributed by atoms with van der Waals surface area (Å²) in [7, 11) is 1.64. The van der Waals surface area contributed by atoms with E-state index >= 15 is 0 Å². The van der Waals surface area contributed by atoms with E-state index < -0.39 is 5.82 Å². The predicted octanol–water partition coefficient (Wildman–Crippen LogP) is 2.53. The second-order valence-corrected chi connectivity index (χ2v) is 3.67. The number of nitriles is 1. The van der Waals surface area contributed by atoms with Crippen molar-refractivity contribution in [3.8, 4) is 6.07 Å². The Kier molecular flexibility index (Phi) is 4.74. The molecule has 1 rings (SSSR count). The summed E-state index contributed by atoms with van der Waals surface area (Å²) in [5.74, 6) is -0.402. The van der Waals surface area contributed by atoms with Gasteiger partial charge in [-0.15, -0.1) is 0 Å². The van der Waals surface area contributed by atoms with E-state index in [4.69, 9.17) is 10.00 Å². The number of hydrogen-bond acceptors (Lipinski definition) is 3. The Morgan fingerprint density at radius 3 is 2.88 bits per heavy atom. The first-order valence-electron chi connectivity index (χ1n) is 5.12. The molecule has 0 aliphatic carbocycles. The molecule has 0 aliphatic heterocycles. The highest BCUT2D eigenvalue weighted by molar-refractivity contribution is 5.50. The molecule has 0 heterocycles. The lowest BCUT2D eigenvalue weighted by atomic mass is 10.2. The zero-order valence-electron chi connectivity index (χ0n) is 9.46. The van der Waals surface area contributed by atoms with Gasteiger partial charge in [0.1, 0.15) is 5.82 Å². The van der Waals surface area contributed by atoms with Gasteiger partial charge in [0.05, 0.1) is 11.6 Å². The highest BCUT2D eigenvalue weighted by Crippen LogP contribution is 2.15. The summed E-state index contributed by atoms with van der Waals surface area (Å²) in [4.78, 5) is 0. The van der Waals surface area contributed by atoms with E-state index in [1.807, 2.05) is 13.0 Å². The highest BCUT2D eigenvalue weighted by Gasteiger charge is 2.04. The summed E-state index contributed by atoms with van der Waals surface area (Å²) in [6.45, 7) is 2.63. The van der Waals surface area contributed by atoms with Gasteiger partial charge in [-0.3, -0.25) is 0 Å². The Balaban J connectivity index is 2.66. The van der Waals surface area contributed by atoms with E-state index in [1.165, 1.54) is 12.1 Å². The number of ether oxygens (including phenoxy) is 1. The van der Waals surface area contributed by atoms with Crippen LogP contribution in [0.1, 0.15) is 18.9 Å². The second kappa shape index (κ2) is 6.09. The maximum Gasteiger partial charge on any atom is 0.126 e. The number of hydrogen-bond donors (Lipinski definition) is 1. The fourth-order valence-corrected chi connectivity index (χ4v) is 1.39. The van der Waals surface area contributed by atoms with Gasteiger partial charge in [-0.25, -0.2) is 4.39 Å². The molecule has 0 saturated heterocycles. The number of nitrogens with zero attached hydrogens (tertiary/aromatic N) is 1. The molecule has 0 fully saturated rings. The van der Waals surface area contributed by atoms with Gasteiger partial charge in [-0.05, 0) is 31.5 Å². The summed E-state index contributed by atoms with van der Waals surface area (Å²) >= 11 is 0. The average molecular weight is 222 g/mol. The van der Waals surface area contributed by atoms with Crippen molar-refractivity contribution in [1.82, 2.24) is 0 Å². The number of anilines is 1. The summed E-state index contributed by atoms with van der Waals surface area (Å²) in [6, 6.07) is 6.32. The SMILES string of the molecule is COCCC(C)Nc1cc(F)cc(C#N)c1. The minimum atomic E-state index is -0.402. The topological polar surface area (TPSA) is 45.0 Å². The molecule has 0 saturated carbocycles. The van der Waals surface area contributed by atoms with E-state index in [2.05, 4.69) is 5.32 Å². The van der Waals surface area contributed by atoms with Crippen molar-refractivity contribution >= 4 is 5.69 Å². The summed E-state index contributed by atoms with van der Waals surface area (Å²) < 4.78 is 18.1. The number of halogens is 1. The molecule has 0 radical (unpaired) electrons. The Labute approximate surface area is 94.8 Å². The van der Waals surface area contributed by atoms with Crippen molar-refractivity contribution in [3.63, 3.8) is 0 Å². The smallest absolute Gasteiger partial charge is 0.126 e. The average Bonchev–Trinajstić information content (AvgIpc) is 2.25. The van der Waals surface area contributed by atoms with E-state index in [1.54, 1.807) is 13.2 Å². The molecule has 0 aliphatic rings. The van der Waals surface area contributed by atoms with Crippen LogP contribution in [-0.4, -0.2) is 19.8 Å². The van der Waals surface area contributed by atoms with E-state index in [9.17, 15) is 4.39 Å². The van der Waals surface area contributed by atoms with Crippen molar-refractivity contribution < 1.29 is 9.13 Å². The molecule has 1 aromatic carbocycles. The van der Waals surface area contributed by atoms with Crippen LogP contribution < -0.4 is 5.32 Å². The van der Waals surface area contributed by atoms with Gasteiger partial charge in [0.25, 0.3) is 0 Å². The molecule has 1 unspecified atom stereocenters. The largest absolute Gasteiger partial charge is 0.385 e. The van der Waals surface area contributed by atoms with Crippen molar-refractivity contribution in [2.75, 3.05) is 19.0 Å². The molecule has 1 aromatic rings. The third-order valence-electron chi connectivity index (χ3n) is 2.19. The molecule has 3 nitrogen and oxygen atoms in total. The van der Waals surface area contributed by atoms with Crippen LogP contribution in [0.2, 0.25) is 0 Å². The van der Waals surface area contributed by atoms with Gasteiger partial charge >= 0.3 is 0 Å². The van der Waals surface area contributed by atoms with E-state index in [0.717, 1.165) is 6.42 Å². The van der Waals surface area contributed by atoms with Gasteiger partial charge in [0.2, 0.25) is 0 Å². The van der Waals surface area contributed by atoms with Gasteiger partial charge in [-0.2, -0.15) is 5.26 Å². The first-order chi connectivity index (χ1) is 7.65. The minimum absolute atomic E-state index is 0.174. The normalized spacial score (nSPS) is 11.9. The maximum absolute atomic E-state index is 13.1. The fraction of sp³-hybridized carbons (Fsp3) is 0.417. The van der Waals surface area contributed by atoms with Crippen LogP contribution in [0.5, 0.6) is 0 Å². The molecule has 4 heteroatoms. The number of benzene rings is 1.